The normalized spacial score (nSPS) is 10.9. The predicted molar refractivity (Wildman–Crippen MR) is 148 cm³/mol. The number of hydrogen-bond acceptors (Lipinski definition) is 8. The highest BCUT2D eigenvalue weighted by molar-refractivity contribution is 7.15. The van der Waals surface area contributed by atoms with Gasteiger partial charge in [-0.05, 0) is 54.8 Å². The topological polar surface area (TPSA) is 107 Å². The van der Waals surface area contributed by atoms with Crippen molar-refractivity contribution in [2.75, 3.05) is 32.8 Å². The molecule has 0 aliphatic carbocycles. The van der Waals surface area contributed by atoms with Gasteiger partial charge < -0.3 is 24.3 Å². The molecule has 3 aromatic rings. The molecule has 38 heavy (non-hydrogen) atoms. The Bertz CT molecular complexity index is 1340. The van der Waals surface area contributed by atoms with Gasteiger partial charge in [-0.1, -0.05) is 31.5 Å². The van der Waals surface area contributed by atoms with E-state index in [-0.39, 0.29) is 22.7 Å². The number of benzene rings is 2. The molecule has 0 saturated carbocycles. The van der Waals surface area contributed by atoms with Gasteiger partial charge in [0.2, 0.25) is 0 Å². The third-order valence-corrected chi connectivity index (χ3v) is 6.41. The number of rotatable bonds is 12. The first-order valence-corrected chi connectivity index (χ1v) is 13.0. The van der Waals surface area contributed by atoms with E-state index in [1.807, 2.05) is 18.2 Å². The number of nitriles is 1. The van der Waals surface area contributed by atoms with Gasteiger partial charge >= 0.3 is 5.97 Å². The molecule has 2 aromatic carbocycles. The van der Waals surface area contributed by atoms with Crippen molar-refractivity contribution >= 4 is 34.3 Å². The number of thiophene rings is 1. The Morgan fingerprint density at radius 1 is 1.05 bits per heavy atom. The van der Waals surface area contributed by atoms with Crippen LogP contribution in [0.2, 0.25) is 0 Å². The Labute approximate surface area is 226 Å². The Morgan fingerprint density at radius 2 is 1.82 bits per heavy atom. The number of amides is 1. The predicted octanol–water partition coefficient (Wildman–Crippen LogP) is 6.33. The second-order valence-electron chi connectivity index (χ2n) is 8.04. The summed E-state index contributed by atoms with van der Waals surface area (Å²) in [7, 11) is 3.10. The molecule has 0 radical (unpaired) electrons. The fourth-order valence-corrected chi connectivity index (χ4v) is 4.50. The lowest BCUT2D eigenvalue weighted by atomic mass is 10.0. The third kappa shape index (κ3) is 6.93. The van der Waals surface area contributed by atoms with E-state index in [4.69, 9.17) is 18.9 Å². The highest BCUT2D eigenvalue weighted by atomic mass is 32.1. The van der Waals surface area contributed by atoms with Crippen LogP contribution >= 0.6 is 11.3 Å². The second-order valence-corrected chi connectivity index (χ2v) is 8.92. The minimum absolute atomic E-state index is 0.138. The fourth-order valence-electron chi connectivity index (χ4n) is 3.54. The minimum Gasteiger partial charge on any atom is -0.497 e. The van der Waals surface area contributed by atoms with Crippen LogP contribution < -0.4 is 19.5 Å². The van der Waals surface area contributed by atoms with Crippen LogP contribution in [-0.2, 0) is 9.53 Å². The van der Waals surface area contributed by atoms with Crippen LogP contribution in [0.5, 0.6) is 17.2 Å². The number of nitrogens with zero attached hydrogens (tertiary/aromatic N) is 1. The van der Waals surface area contributed by atoms with E-state index in [2.05, 4.69) is 12.2 Å². The average Bonchev–Trinajstić information content (AvgIpc) is 3.35. The van der Waals surface area contributed by atoms with Crippen LogP contribution in [0.1, 0.15) is 42.6 Å². The van der Waals surface area contributed by atoms with E-state index < -0.39 is 11.9 Å². The van der Waals surface area contributed by atoms with E-state index >= 15 is 0 Å². The number of carbonyl (C=O) groups is 2. The van der Waals surface area contributed by atoms with Gasteiger partial charge in [-0.25, -0.2) is 4.79 Å². The number of unbranched alkanes of at least 4 members (excludes halogenated alkanes) is 1. The van der Waals surface area contributed by atoms with Gasteiger partial charge in [-0.3, -0.25) is 4.79 Å². The van der Waals surface area contributed by atoms with Crippen molar-refractivity contribution in [2.24, 2.45) is 0 Å². The van der Waals surface area contributed by atoms with Crippen LogP contribution in [0.3, 0.4) is 0 Å². The zero-order valence-corrected chi connectivity index (χ0v) is 22.6. The van der Waals surface area contributed by atoms with Crippen molar-refractivity contribution in [3.05, 3.63) is 64.5 Å². The molecule has 0 spiro atoms. The van der Waals surface area contributed by atoms with Gasteiger partial charge in [-0.2, -0.15) is 5.26 Å². The lowest BCUT2D eigenvalue weighted by Crippen LogP contribution is -2.16. The molecule has 0 saturated heterocycles. The summed E-state index contributed by atoms with van der Waals surface area (Å²) in [5.74, 6) is 0.546. The summed E-state index contributed by atoms with van der Waals surface area (Å²) in [5, 5.41) is 14.5. The van der Waals surface area contributed by atoms with Crippen molar-refractivity contribution in [3.63, 3.8) is 0 Å². The molecule has 8 nitrogen and oxygen atoms in total. The Morgan fingerprint density at radius 3 is 2.45 bits per heavy atom. The molecule has 0 atom stereocenters. The third-order valence-electron chi connectivity index (χ3n) is 5.52. The quantitative estimate of drug-likeness (QED) is 0.125. The molecule has 1 heterocycles. The summed E-state index contributed by atoms with van der Waals surface area (Å²) in [6.45, 7) is 4.53. The molecule has 9 heteroatoms. The molecule has 0 unspecified atom stereocenters. The van der Waals surface area contributed by atoms with E-state index in [1.54, 1.807) is 49.7 Å². The van der Waals surface area contributed by atoms with Gasteiger partial charge in [0.1, 0.15) is 28.0 Å². The van der Waals surface area contributed by atoms with Crippen LogP contribution in [0.25, 0.3) is 17.2 Å². The van der Waals surface area contributed by atoms with Gasteiger partial charge in [0, 0.05) is 10.9 Å². The van der Waals surface area contributed by atoms with E-state index in [9.17, 15) is 14.9 Å². The van der Waals surface area contributed by atoms with Crippen LogP contribution in [0.4, 0.5) is 5.00 Å². The molecule has 1 aromatic heterocycles. The molecule has 1 amide bonds. The summed E-state index contributed by atoms with van der Waals surface area (Å²) in [4.78, 5) is 25.9. The monoisotopic (exact) mass is 534 g/mol. The molecule has 0 fully saturated rings. The molecular formula is C29H30N2O6S. The lowest BCUT2D eigenvalue weighted by molar-refractivity contribution is -0.112. The molecule has 0 bridgehead atoms. The largest absolute Gasteiger partial charge is 0.497 e. The van der Waals surface area contributed by atoms with Crippen molar-refractivity contribution < 1.29 is 28.5 Å². The Kier molecular flexibility index (Phi) is 10.3. The maximum Gasteiger partial charge on any atom is 0.341 e. The van der Waals surface area contributed by atoms with Crippen LogP contribution in [0.15, 0.2) is 53.4 Å². The highest BCUT2D eigenvalue weighted by Gasteiger charge is 2.24. The van der Waals surface area contributed by atoms with Gasteiger partial charge in [0.15, 0.2) is 11.5 Å². The number of methoxy groups -OCH3 is 2. The van der Waals surface area contributed by atoms with Crippen LogP contribution in [-0.4, -0.2) is 39.3 Å². The Balaban J connectivity index is 1.89. The summed E-state index contributed by atoms with van der Waals surface area (Å²) in [5.41, 5.74) is 2.04. The molecular weight excluding hydrogens is 504 g/mol. The lowest BCUT2D eigenvalue weighted by Gasteiger charge is -2.11. The summed E-state index contributed by atoms with van der Waals surface area (Å²) < 4.78 is 21.6. The molecule has 0 aliphatic rings. The van der Waals surface area contributed by atoms with Crippen molar-refractivity contribution in [3.8, 4) is 34.4 Å². The molecule has 0 aliphatic heterocycles. The summed E-state index contributed by atoms with van der Waals surface area (Å²) in [6, 6.07) is 14.3. The number of ether oxygens (including phenoxy) is 4. The van der Waals surface area contributed by atoms with Gasteiger partial charge in [0.05, 0.1) is 27.4 Å². The van der Waals surface area contributed by atoms with E-state index in [1.165, 1.54) is 24.5 Å². The number of carbonyl (C=O) groups excluding carboxylic acids is 2. The summed E-state index contributed by atoms with van der Waals surface area (Å²) in [6.07, 6.45) is 3.38. The highest BCUT2D eigenvalue weighted by Crippen LogP contribution is 2.37. The van der Waals surface area contributed by atoms with Crippen molar-refractivity contribution in [2.45, 2.75) is 26.7 Å². The maximum atomic E-state index is 13.1. The first kappa shape index (κ1) is 28.3. The standard InChI is InChI=1S/C29H30N2O6S/c1-5-7-14-37-24-13-8-19(16-25(24)35-4)15-21(17-30)27(32)31-28-26(29(33)36-6-2)23(18-38-28)20-9-11-22(34-3)12-10-20/h8-13,15-16,18H,5-7,14H2,1-4H3,(H,31,32)/b21-15-. The fraction of sp³-hybridized carbons (Fsp3) is 0.276. The molecule has 3 rings (SSSR count). The maximum absolute atomic E-state index is 13.1. The number of nitrogens with one attached hydrogen (secondary N) is 1. The van der Waals surface area contributed by atoms with Gasteiger partial charge in [0.25, 0.3) is 5.91 Å². The van der Waals surface area contributed by atoms with Crippen molar-refractivity contribution in [1.29, 1.82) is 5.26 Å². The number of esters is 1. The summed E-state index contributed by atoms with van der Waals surface area (Å²) >= 11 is 1.18. The van der Waals surface area contributed by atoms with E-state index in [0.717, 1.165) is 18.4 Å². The molecule has 198 valence electrons. The van der Waals surface area contributed by atoms with Gasteiger partial charge in [-0.15, -0.1) is 11.3 Å². The number of anilines is 1. The average molecular weight is 535 g/mol. The minimum atomic E-state index is -0.650. The zero-order valence-electron chi connectivity index (χ0n) is 21.8. The van der Waals surface area contributed by atoms with Crippen molar-refractivity contribution in [1.82, 2.24) is 0 Å². The zero-order chi connectivity index (χ0) is 27.5. The smallest absolute Gasteiger partial charge is 0.341 e. The first-order chi connectivity index (χ1) is 18.4. The number of hydrogen-bond donors (Lipinski definition) is 1. The first-order valence-electron chi connectivity index (χ1n) is 12.1. The van der Waals surface area contributed by atoms with E-state index in [0.29, 0.717) is 35.0 Å². The van der Waals surface area contributed by atoms with Crippen LogP contribution in [0, 0.1) is 11.3 Å². The Hall–Kier alpha value is -4.29. The SMILES string of the molecule is CCCCOc1ccc(/C=C(/C#N)C(=O)Nc2scc(-c3ccc(OC)cc3)c2C(=O)OCC)cc1OC. The molecule has 1 N–H and O–H groups in total. The second kappa shape index (κ2) is 13.9.